The molecule has 0 spiro atoms. The molecule has 8 heteroatoms. The van der Waals surface area contributed by atoms with E-state index in [4.69, 9.17) is 11.6 Å². The maximum atomic E-state index is 12.5. The number of aromatic nitrogens is 2. The average Bonchev–Trinajstić information content (AvgIpc) is 3.14. The van der Waals surface area contributed by atoms with Crippen LogP contribution in [-0.2, 0) is 11.3 Å². The van der Waals surface area contributed by atoms with Crippen LogP contribution in [0.1, 0.15) is 33.8 Å². The molecule has 2 heterocycles. The highest BCUT2D eigenvalue weighted by atomic mass is 35.5. The van der Waals surface area contributed by atoms with Gasteiger partial charge in [0.2, 0.25) is 0 Å². The maximum Gasteiger partial charge on any atom is 0.329 e. The molecule has 1 saturated carbocycles. The van der Waals surface area contributed by atoms with Crippen LogP contribution >= 0.6 is 22.9 Å². The Kier molecular flexibility index (Phi) is 4.00. The highest BCUT2D eigenvalue weighted by Crippen LogP contribution is 2.37. The lowest BCUT2D eigenvalue weighted by atomic mass is 10.2. The van der Waals surface area contributed by atoms with Crippen LogP contribution in [0.25, 0.3) is 10.2 Å². The summed E-state index contributed by atoms with van der Waals surface area (Å²) in [6, 6.07) is 9.33. The van der Waals surface area contributed by atoms with Crippen molar-refractivity contribution < 1.29 is 14.7 Å². The Morgan fingerprint density at radius 1 is 1.35 bits per heavy atom. The standard InChI is InChI=1S/C18H16ClN3O3S/c1-10-13-8-14(15(23)20-18(6-7-18)17(24)25)26-16(13)22(21-10)9-11-2-4-12(19)5-3-11/h2-5,8H,6-7,9H2,1H3,(H,20,23)(H,24,25). The second-order valence-corrected chi connectivity index (χ2v) is 8.01. The van der Waals surface area contributed by atoms with Gasteiger partial charge in [-0.2, -0.15) is 5.10 Å². The molecule has 1 fully saturated rings. The third kappa shape index (κ3) is 2.97. The SMILES string of the molecule is Cc1nn(Cc2ccc(Cl)cc2)c2sc(C(=O)NC3(C(=O)O)CC3)cc12. The molecule has 0 atom stereocenters. The molecule has 0 bridgehead atoms. The van der Waals surface area contributed by atoms with Crippen molar-refractivity contribution >= 4 is 45.0 Å². The number of nitrogens with zero attached hydrogens (tertiary/aromatic N) is 2. The van der Waals surface area contributed by atoms with Crippen molar-refractivity contribution in [2.45, 2.75) is 31.8 Å². The summed E-state index contributed by atoms with van der Waals surface area (Å²) in [5.41, 5.74) is 0.808. The first-order valence-corrected chi connectivity index (χ1v) is 9.35. The van der Waals surface area contributed by atoms with Crippen LogP contribution in [0.15, 0.2) is 30.3 Å². The first-order valence-electron chi connectivity index (χ1n) is 8.15. The first-order chi connectivity index (χ1) is 12.4. The minimum Gasteiger partial charge on any atom is -0.480 e. The highest BCUT2D eigenvalue weighted by molar-refractivity contribution is 7.20. The fourth-order valence-corrected chi connectivity index (χ4v) is 4.07. The summed E-state index contributed by atoms with van der Waals surface area (Å²) in [5, 5.41) is 18.0. The van der Waals surface area contributed by atoms with Crippen molar-refractivity contribution in [1.82, 2.24) is 15.1 Å². The van der Waals surface area contributed by atoms with E-state index in [9.17, 15) is 14.7 Å². The molecule has 1 aliphatic carbocycles. The van der Waals surface area contributed by atoms with Gasteiger partial charge in [0.05, 0.1) is 17.1 Å². The van der Waals surface area contributed by atoms with Crippen LogP contribution in [0.3, 0.4) is 0 Å². The van der Waals surface area contributed by atoms with Crippen molar-refractivity contribution in [3.63, 3.8) is 0 Å². The van der Waals surface area contributed by atoms with Gasteiger partial charge in [0.25, 0.3) is 5.91 Å². The van der Waals surface area contributed by atoms with E-state index in [1.165, 1.54) is 11.3 Å². The summed E-state index contributed by atoms with van der Waals surface area (Å²) >= 11 is 7.25. The molecular formula is C18H16ClN3O3S. The molecule has 3 aromatic rings. The number of hydrogen-bond acceptors (Lipinski definition) is 4. The average molecular weight is 390 g/mol. The lowest BCUT2D eigenvalue weighted by Crippen LogP contribution is -2.42. The van der Waals surface area contributed by atoms with Gasteiger partial charge in [0.1, 0.15) is 10.4 Å². The highest BCUT2D eigenvalue weighted by Gasteiger charge is 2.51. The molecule has 2 N–H and O–H groups in total. The van der Waals surface area contributed by atoms with E-state index in [1.54, 1.807) is 6.07 Å². The number of carbonyl (C=O) groups is 2. The van der Waals surface area contributed by atoms with Crippen molar-refractivity contribution in [3.05, 3.63) is 51.5 Å². The zero-order valence-corrected chi connectivity index (χ0v) is 15.5. The van der Waals surface area contributed by atoms with Crippen molar-refractivity contribution in [2.75, 3.05) is 0 Å². The zero-order chi connectivity index (χ0) is 18.5. The minimum atomic E-state index is -1.09. The Balaban J connectivity index is 1.62. The quantitative estimate of drug-likeness (QED) is 0.699. The molecule has 0 radical (unpaired) electrons. The number of aliphatic carboxylic acids is 1. The number of amides is 1. The summed E-state index contributed by atoms with van der Waals surface area (Å²) in [6.45, 7) is 2.47. The van der Waals surface area contributed by atoms with Gasteiger partial charge in [-0.25, -0.2) is 4.79 Å². The predicted octanol–water partition coefficient (Wildman–Crippen LogP) is 3.45. The molecule has 0 saturated heterocycles. The Hall–Kier alpha value is -2.38. The van der Waals surface area contributed by atoms with Gasteiger partial charge in [-0.05, 0) is 43.5 Å². The monoisotopic (exact) mass is 389 g/mol. The molecule has 134 valence electrons. The van der Waals surface area contributed by atoms with Crippen molar-refractivity contribution in [3.8, 4) is 0 Å². The second kappa shape index (κ2) is 6.10. The lowest BCUT2D eigenvalue weighted by molar-refractivity contribution is -0.140. The van der Waals surface area contributed by atoms with Gasteiger partial charge < -0.3 is 10.4 Å². The van der Waals surface area contributed by atoms with Crippen LogP contribution < -0.4 is 5.32 Å². The molecule has 0 unspecified atom stereocenters. The van der Waals surface area contributed by atoms with Gasteiger partial charge in [0, 0.05) is 10.4 Å². The normalized spacial score (nSPS) is 15.2. The number of halogens is 1. The van der Waals surface area contributed by atoms with E-state index in [0.717, 1.165) is 21.5 Å². The zero-order valence-electron chi connectivity index (χ0n) is 14.0. The van der Waals surface area contributed by atoms with E-state index < -0.39 is 11.5 Å². The number of rotatable bonds is 5. The number of benzene rings is 1. The number of carboxylic acid groups (broad SMARTS) is 1. The van der Waals surface area contributed by atoms with Crippen molar-refractivity contribution in [1.29, 1.82) is 0 Å². The Labute approximate surface area is 158 Å². The third-order valence-electron chi connectivity index (χ3n) is 4.59. The fraction of sp³-hybridized carbons (Fsp3) is 0.278. The molecule has 1 amide bonds. The Morgan fingerprint density at radius 3 is 2.65 bits per heavy atom. The van der Waals surface area contributed by atoms with Gasteiger partial charge in [-0.3, -0.25) is 9.48 Å². The van der Waals surface area contributed by atoms with E-state index >= 15 is 0 Å². The number of hydrogen-bond donors (Lipinski definition) is 2. The summed E-state index contributed by atoms with van der Waals surface area (Å²) < 4.78 is 1.86. The summed E-state index contributed by atoms with van der Waals surface area (Å²) in [5.74, 6) is -1.32. The van der Waals surface area contributed by atoms with Gasteiger partial charge >= 0.3 is 5.97 Å². The Bertz CT molecular complexity index is 1020. The van der Waals surface area contributed by atoms with E-state index in [0.29, 0.717) is 29.3 Å². The molecule has 0 aliphatic heterocycles. The molecular weight excluding hydrogens is 374 g/mol. The molecule has 1 aromatic carbocycles. The van der Waals surface area contributed by atoms with Crippen LogP contribution in [0.2, 0.25) is 5.02 Å². The summed E-state index contributed by atoms with van der Waals surface area (Å²) in [6.07, 6.45) is 0.949. The van der Waals surface area contributed by atoms with E-state index in [-0.39, 0.29) is 5.91 Å². The maximum absolute atomic E-state index is 12.5. The van der Waals surface area contributed by atoms with Gasteiger partial charge in [0.15, 0.2) is 0 Å². The number of fused-ring (bicyclic) bond motifs is 1. The van der Waals surface area contributed by atoms with Crippen molar-refractivity contribution in [2.24, 2.45) is 0 Å². The first kappa shape index (κ1) is 17.1. The smallest absolute Gasteiger partial charge is 0.329 e. The van der Waals surface area contributed by atoms with Crippen LogP contribution in [0.5, 0.6) is 0 Å². The number of thiophene rings is 1. The molecule has 1 aliphatic rings. The molecule has 6 nitrogen and oxygen atoms in total. The lowest BCUT2D eigenvalue weighted by Gasteiger charge is -2.11. The second-order valence-electron chi connectivity index (χ2n) is 6.54. The minimum absolute atomic E-state index is 0.344. The number of nitrogens with one attached hydrogen (secondary N) is 1. The van der Waals surface area contributed by atoms with Crippen LogP contribution in [-0.4, -0.2) is 32.3 Å². The largest absolute Gasteiger partial charge is 0.480 e. The number of carboxylic acids is 1. The Morgan fingerprint density at radius 2 is 2.04 bits per heavy atom. The predicted molar refractivity (Wildman–Crippen MR) is 100.0 cm³/mol. The van der Waals surface area contributed by atoms with E-state index in [1.807, 2.05) is 35.9 Å². The van der Waals surface area contributed by atoms with Crippen LogP contribution in [0.4, 0.5) is 0 Å². The van der Waals surface area contributed by atoms with Gasteiger partial charge in [-0.15, -0.1) is 11.3 Å². The molecule has 26 heavy (non-hydrogen) atoms. The molecule has 2 aromatic heterocycles. The number of aryl methyl sites for hydroxylation is 1. The van der Waals surface area contributed by atoms with Gasteiger partial charge in [-0.1, -0.05) is 23.7 Å². The summed E-state index contributed by atoms with van der Waals surface area (Å²) in [7, 11) is 0. The topological polar surface area (TPSA) is 84.2 Å². The summed E-state index contributed by atoms with van der Waals surface area (Å²) in [4.78, 5) is 25.1. The third-order valence-corrected chi connectivity index (χ3v) is 5.99. The molecule has 4 rings (SSSR count). The fourth-order valence-electron chi connectivity index (χ4n) is 2.89. The van der Waals surface area contributed by atoms with E-state index in [2.05, 4.69) is 10.4 Å². The number of carbonyl (C=O) groups excluding carboxylic acids is 1. The van der Waals surface area contributed by atoms with Crippen LogP contribution in [0, 0.1) is 6.92 Å².